The standard InChI is InChI=1S/C16H15F3N2O3/c1-15(11-5-3-2-4-6-11)9-21(7-8-24-15)14(22)12-13(16(17,18)19)20-10-23-12/h2-6,10H,7-9H2,1H3. The third kappa shape index (κ3) is 3.01. The number of hydrogen-bond acceptors (Lipinski definition) is 4. The second-order valence-corrected chi connectivity index (χ2v) is 5.70. The van der Waals surface area contributed by atoms with Crippen molar-refractivity contribution in [3.05, 3.63) is 53.7 Å². The van der Waals surface area contributed by atoms with Gasteiger partial charge in [0.1, 0.15) is 5.60 Å². The number of hydrogen-bond donors (Lipinski definition) is 0. The molecule has 2 aromatic rings. The SMILES string of the molecule is CC1(c2ccccc2)CN(C(=O)c2ocnc2C(F)(F)F)CCO1. The van der Waals surface area contributed by atoms with E-state index in [0.29, 0.717) is 6.39 Å². The highest BCUT2D eigenvalue weighted by Gasteiger charge is 2.43. The monoisotopic (exact) mass is 340 g/mol. The van der Waals surface area contributed by atoms with E-state index in [2.05, 4.69) is 4.98 Å². The lowest BCUT2D eigenvalue weighted by atomic mass is 9.93. The molecule has 1 aromatic carbocycles. The fraction of sp³-hybridized carbons (Fsp3) is 0.375. The summed E-state index contributed by atoms with van der Waals surface area (Å²) in [6.45, 7) is 2.31. The molecule has 3 rings (SSSR count). The molecule has 1 aliphatic heterocycles. The normalized spacial score (nSPS) is 21.8. The van der Waals surface area contributed by atoms with Gasteiger partial charge in [0.05, 0.1) is 13.2 Å². The first-order valence-corrected chi connectivity index (χ1v) is 7.31. The van der Waals surface area contributed by atoms with Crippen LogP contribution in [0.15, 0.2) is 41.1 Å². The van der Waals surface area contributed by atoms with Crippen LogP contribution in [0.25, 0.3) is 0 Å². The highest BCUT2D eigenvalue weighted by atomic mass is 19.4. The Kier molecular flexibility index (Phi) is 4.08. The Morgan fingerprint density at radius 1 is 1.29 bits per heavy atom. The van der Waals surface area contributed by atoms with Crippen LogP contribution >= 0.6 is 0 Å². The van der Waals surface area contributed by atoms with Crippen molar-refractivity contribution >= 4 is 5.91 Å². The number of halogens is 3. The molecule has 8 heteroatoms. The summed E-state index contributed by atoms with van der Waals surface area (Å²) in [6.07, 6.45) is -4.11. The Bertz CT molecular complexity index is 730. The van der Waals surface area contributed by atoms with Crippen LogP contribution in [0, 0.1) is 0 Å². The molecule has 2 heterocycles. The van der Waals surface area contributed by atoms with E-state index >= 15 is 0 Å². The van der Waals surface area contributed by atoms with Crippen LogP contribution in [-0.2, 0) is 16.5 Å². The first-order chi connectivity index (χ1) is 11.3. The molecule has 5 nitrogen and oxygen atoms in total. The molecule has 24 heavy (non-hydrogen) atoms. The van der Waals surface area contributed by atoms with Crippen molar-refractivity contribution in [3.8, 4) is 0 Å². The third-order valence-electron chi connectivity index (χ3n) is 3.98. The van der Waals surface area contributed by atoms with E-state index in [1.165, 1.54) is 4.90 Å². The topological polar surface area (TPSA) is 55.6 Å². The van der Waals surface area contributed by atoms with Gasteiger partial charge < -0.3 is 14.1 Å². The fourth-order valence-corrected chi connectivity index (χ4v) is 2.75. The van der Waals surface area contributed by atoms with E-state index in [1.54, 1.807) is 6.92 Å². The zero-order valence-electron chi connectivity index (χ0n) is 12.8. The van der Waals surface area contributed by atoms with E-state index < -0.39 is 29.1 Å². The van der Waals surface area contributed by atoms with Crippen LogP contribution < -0.4 is 0 Å². The summed E-state index contributed by atoms with van der Waals surface area (Å²) >= 11 is 0. The van der Waals surface area contributed by atoms with Gasteiger partial charge in [0, 0.05) is 6.54 Å². The summed E-state index contributed by atoms with van der Waals surface area (Å²) in [5, 5.41) is 0. The van der Waals surface area contributed by atoms with Gasteiger partial charge in [-0.3, -0.25) is 4.79 Å². The molecular formula is C16H15F3N2O3. The number of carbonyl (C=O) groups is 1. The Morgan fingerprint density at radius 3 is 2.67 bits per heavy atom. The van der Waals surface area contributed by atoms with Gasteiger partial charge >= 0.3 is 6.18 Å². The fourth-order valence-electron chi connectivity index (χ4n) is 2.75. The summed E-state index contributed by atoms with van der Waals surface area (Å²) in [5.74, 6) is -1.63. The van der Waals surface area contributed by atoms with Gasteiger partial charge in [0.25, 0.3) is 5.91 Å². The lowest BCUT2D eigenvalue weighted by Crippen LogP contribution is -2.50. The van der Waals surface area contributed by atoms with Crippen LogP contribution in [-0.4, -0.2) is 35.5 Å². The molecular weight excluding hydrogens is 325 g/mol. The first kappa shape index (κ1) is 16.5. The Morgan fingerprint density at radius 2 is 2.00 bits per heavy atom. The number of alkyl halides is 3. The van der Waals surface area contributed by atoms with Crippen LogP contribution in [0.3, 0.4) is 0 Å². The molecule has 1 amide bonds. The predicted octanol–water partition coefficient (Wildman–Crippen LogP) is 3.08. The molecule has 0 radical (unpaired) electrons. The maximum absolute atomic E-state index is 12.9. The van der Waals surface area contributed by atoms with Crippen molar-refractivity contribution in [2.75, 3.05) is 19.7 Å². The second kappa shape index (κ2) is 5.94. The average Bonchev–Trinajstić information content (AvgIpc) is 3.05. The number of rotatable bonds is 2. The Labute approximate surface area is 136 Å². The van der Waals surface area contributed by atoms with Crippen LogP contribution in [0.1, 0.15) is 28.7 Å². The largest absolute Gasteiger partial charge is 0.438 e. The molecule has 0 spiro atoms. The molecule has 1 saturated heterocycles. The second-order valence-electron chi connectivity index (χ2n) is 5.70. The molecule has 1 unspecified atom stereocenters. The average molecular weight is 340 g/mol. The predicted molar refractivity (Wildman–Crippen MR) is 77.2 cm³/mol. The van der Waals surface area contributed by atoms with Crippen LogP contribution in [0.4, 0.5) is 13.2 Å². The summed E-state index contributed by atoms with van der Waals surface area (Å²) in [6, 6.07) is 9.22. The molecule has 128 valence electrons. The van der Waals surface area contributed by atoms with Crippen molar-refractivity contribution in [2.24, 2.45) is 0 Å². The molecule has 0 aliphatic carbocycles. The molecule has 0 saturated carbocycles. The van der Waals surface area contributed by atoms with Gasteiger partial charge in [0.2, 0.25) is 5.76 Å². The van der Waals surface area contributed by atoms with Crippen LogP contribution in [0.2, 0.25) is 0 Å². The zero-order chi connectivity index (χ0) is 17.4. The lowest BCUT2D eigenvalue weighted by molar-refractivity contribution is -0.141. The highest BCUT2D eigenvalue weighted by molar-refractivity contribution is 5.92. The van der Waals surface area contributed by atoms with Crippen molar-refractivity contribution < 1.29 is 27.1 Å². The van der Waals surface area contributed by atoms with Gasteiger partial charge in [-0.1, -0.05) is 30.3 Å². The van der Waals surface area contributed by atoms with E-state index in [0.717, 1.165) is 5.56 Å². The van der Waals surface area contributed by atoms with Crippen molar-refractivity contribution in [3.63, 3.8) is 0 Å². The van der Waals surface area contributed by atoms with Gasteiger partial charge in [-0.05, 0) is 12.5 Å². The van der Waals surface area contributed by atoms with E-state index in [1.807, 2.05) is 30.3 Å². The minimum Gasteiger partial charge on any atom is -0.438 e. The summed E-state index contributed by atoms with van der Waals surface area (Å²) in [5.41, 5.74) is -1.26. The number of benzene rings is 1. The quantitative estimate of drug-likeness (QED) is 0.843. The molecule has 1 aromatic heterocycles. The minimum absolute atomic E-state index is 0.119. The lowest BCUT2D eigenvalue weighted by Gasteiger charge is -2.40. The smallest absolute Gasteiger partial charge is 0.437 e. The molecule has 1 aliphatic rings. The Hall–Kier alpha value is -2.35. The third-order valence-corrected chi connectivity index (χ3v) is 3.98. The van der Waals surface area contributed by atoms with E-state index in [-0.39, 0.29) is 19.7 Å². The van der Waals surface area contributed by atoms with Gasteiger partial charge in [-0.15, -0.1) is 0 Å². The summed E-state index contributed by atoms with van der Waals surface area (Å²) in [7, 11) is 0. The molecule has 1 atom stereocenters. The summed E-state index contributed by atoms with van der Waals surface area (Å²) in [4.78, 5) is 16.9. The number of carbonyl (C=O) groups excluding carboxylic acids is 1. The maximum Gasteiger partial charge on any atom is 0.437 e. The van der Waals surface area contributed by atoms with Gasteiger partial charge in [-0.2, -0.15) is 13.2 Å². The molecule has 1 fully saturated rings. The highest BCUT2D eigenvalue weighted by Crippen LogP contribution is 2.33. The van der Waals surface area contributed by atoms with Crippen molar-refractivity contribution in [1.29, 1.82) is 0 Å². The van der Waals surface area contributed by atoms with Gasteiger partial charge in [0.15, 0.2) is 12.1 Å². The van der Waals surface area contributed by atoms with Gasteiger partial charge in [-0.25, -0.2) is 4.98 Å². The number of oxazole rings is 1. The number of amides is 1. The maximum atomic E-state index is 12.9. The number of morpholine rings is 1. The zero-order valence-corrected chi connectivity index (χ0v) is 12.8. The van der Waals surface area contributed by atoms with E-state index in [9.17, 15) is 18.0 Å². The minimum atomic E-state index is -4.74. The molecule has 0 bridgehead atoms. The van der Waals surface area contributed by atoms with E-state index in [4.69, 9.17) is 9.15 Å². The Balaban J connectivity index is 1.86. The first-order valence-electron chi connectivity index (χ1n) is 7.31. The van der Waals surface area contributed by atoms with Crippen molar-refractivity contribution in [1.82, 2.24) is 9.88 Å². The number of aromatic nitrogens is 1. The molecule has 0 N–H and O–H groups in total. The number of ether oxygens (including phenoxy) is 1. The van der Waals surface area contributed by atoms with Crippen LogP contribution in [0.5, 0.6) is 0 Å². The van der Waals surface area contributed by atoms with Crippen molar-refractivity contribution in [2.45, 2.75) is 18.7 Å². The number of nitrogens with zero attached hydrogens (tertiary/aromatic N) is 2. The summed E-state index contributed by atoms with van der Waals surface area (Å²) < 4.78 is 49.2.